The quantitative estimate of drug-likeness (QED) is 0.842. The van der Waals surface area contributed by atoms with Crippen LogP contribution < -0.4 is 11.1 Å². The number of nitrogens with zero attached hydrogens (tertiary/aromatic N) is 1. The first-order chi connectivity index (χ1) is 12.5. The second-order valence-electron chi connectivity index (χ2n) is 7.42. The molecule has 7 heteroatoms. The SMILES string of the molecule is Cc1cc(C)c(C(=O)NC2CCN(C(=O)C(N)C3CCOCC3)CC2)o1. The number of furan rings is 1. The van der Waals surface area contributed by atoms with Crippen LogP contribution in [0, 0.1) is 19.8 Å². The molecule has 3 rings (SSSR count). The van der Waals surface area contributed by atoms with Gasteiger partial charge in [-0.15, -0.1) is 0 Å². The normalized spacial score (nSPS) is 20.8. The van der Waals surface area contributed by atoms with Crippen LogP contribution in [0.15, 0.2) is 10.5 Å². The van der Waals surface area contributed by atoms with Crippen LogP contribution in [0.2, 0.25) is 0 Å². The van der Waals surface area contributed by atoms with Crippen LogP contribution >= 0.6 is 0 Å². The summed E-state index contributed by atoms with van der Waals surface area (Å²) in [6.45, 7) is 6.31. The minimum Gasteiger partial charge on any atom is -0.456 e. The van der Waals surface area contributed by atoms with E-state index in [0.717, 1.165) is 37.0 Å². The summed E-state index contributed by atoms with van der Waals surface area (Å²) in [7, 11) is 0. The number of hydrogen-bond donors (Lipinski definition) is 2. The van der Waals surface area contributed by atoms with Gasteiger partial charge in [0.15, 0.2) is 5.76 Å². The average molecular weight is 363 g/mol. The zero-order valence-corrected chi connectivity index (χ0v) is 15.6. The lowest BCUT2D eigenvalue weighted by Gasteiger charge is -2.36. The van der Waals surface area contributed by atoms with Gasteiger partial charge in [-0.1, -0.05) is 0 Å². The van der Waals surface area contributed by atoms with Gasteiger partial charge in [0.1, 0.15) is 5.76 Å². The molecule has 2 saturated heterocycles. The Labute approximate surface area is 154 Å². The van der Waals surface area contributed by atoms with Crippen molar-refractivity contribution in [2.75, 3.05) is 26.3 Å². The fourth-order valence-electron chi connectivity index (χ4n) is 3.85. The predicted molar refractivity (Wildman–Crippen MR) is 96.8 cm³/mol. The molecule has 2 amide bonds. The lowest BCUT2D eigenvalue weighted by atomic mass is 9.91. The lowest BCUT2D eigenvalue weighted by Crippen LogP contribution is -2.53. The standard InChI is InChI=1S/C19H29N3O4/c1-12-11-13(2)26-17(12)18(23)21-15-3-7-22(8-4-15)19(24)16(20)14-5-9-25-10-6-14/h11,14-16H,3-10,20H2,1-2H3,(H,21,23). The fourth-order valence-corrected chi connectivity index (χ4v) is 3.85. The topological polar surface area (TPSA) is 97.8 Å². The Bertz CT molecular complexity index is 643. The highest BCUT2D eigenvalue weighted by atomic mass is 16.5. The number of nitrogens with one attached hydrogen (secondary N) is 1. The van der Waals surface area contributed by atoms with Crippen LogP contribution in [-0.4, -0.2) is 55.1 Å². The molecule has 26 heavy (non-hydrogen) atoms. The molecule has 1 atom stereocenters. The fraction of sp³-hybridized carbons (Fsp3) is 0.684. The molecule has 2 aliphatic heterocycles. The molecule has 0 aromatic carbocycles. The van der Waals surface area contributed by atoms with Gasteiger partial charge in [0.05, 0.1) is 6.04 Å². The Kier molecular flexibility index (Phi) is 5.98. The molecule has 0 bridgehead atoms. The highest BCUT2D eigenvalue weighted by molar-refractivity contribution is 5.93. The number of likely N-dealkylation sites (tertiary alicyclic amines) is 1. The maximum atomic E-state index is 12.7. The van der Waals surface area contributed by atoms with E-state index in [4.69, 9.17) is 14.9 Å². The molecule has 0 radical (unpaired) electrons. The molecule has 2 aliphatic rings. The minimum absolute atomic E-state index is 0.0270. The first-order valence-electron chi connectivity index (χ1n) is 9.45. The van der Waals surface area contributed by atoms with Crippen molar-refractivity contribution in [3.63, 3.8) is 0 Å². The Morgan fingerprint density at radius 3 is 2.42 bits per heavy atom. The number of rotatable bonds is 4. The molecule has 3 heterocycles. The summed E-state index contributed by atoms with van der Waals surface area (Å²) in [5.74, 6) is 1.16. The van der Waals surface area contributed by atoms with Gasteiger partial charge in [0.25, 0.3) is 5.91 Å². The number of ether oxygens (including phenoxy) is 1. The van der Waals surface area contributed by atoms with E-state index in [0.29, 0.717) is 32.1 Å². The Morgan fingerprint density at radius 2 is 1.85 bits per heavy atom. The van der Waals surface area contributed by atoms with E-state index in [1.54, 1.807) is 0 Å². The van der Waals surface area contributed by atoms with Crippen LogP contribution in [0.25, 0.3) is 0 Å². The first-order valence-corrected chi connectivity index (χ1v) is 9.45. The summed E-state index contributed by atoms with van der Waals surface area (Å²) >= 11 is 0. The summed E-state index contributed by atoms with van der Waals surface area (Å²) in [5.41, 5.74) is 7.05. The second-order valence-corrected chi connectivity index (χ2v) is 7.42. The molecular formula is C19H29N3O4. The van der Waals surface area contributed by atoms with Crippen molar-refractivity contribution in [1.82, 2.24) is 10.2 Å². The molecule has 144 valence electrons. The van der Waals surface area contributed by atoms with E-state index in [9.17, 15) is 9.59 Å². The number of carbonyl (C=O) groups is 2. The third-order valence-corrected chi connectivity index (χ3v) is 5.45. The van der Waals surface area contributed by atoms with Crippen molar-refractivity contribution in [3.8, 4) is 0 Å². The number of carbonyl (C=O) groups excluding carboxylic acids is 2. The molecule has 1 unspecified atom stereocenters. The number of nitrogens with two attached hydrogens (primary N) is 1. The maximum absolute atomic E-state index is 12.7. The third kappa shape index (κ3) is 4.27. The van der Waals surface area contributed by atoms with Crippen molar-refractivity contribution < 1.29 is 18.7 Å². The molecule has 0 saturated carbocycles. The molecule has 0 spiro atoms. The van der Waals surface area contributed by atoms with Crippen LogP contribution in [0.3, 0.4) is 0 Å². The number of piperidine rings is 1. The smallest absolute Gasteiger partial charge is 0.287 e. The van der Waals surface area contributed by atoms with Gasteiger partial charge in [-0.05, 0) is 51.5 Å². The monoisotopic (exact) mass is 363 g/mol. The summed E-state index contributed by atoms with van der Waals surface area (Å²) < 4.78 is 10.8. The Morgan fingerprint density at radius 1 is 1.19 bits per heavy atom. The molecule has 1 aromatic heterocycles. The Hall–Kier alpha value is -1.86. The van der Waals surface area contributed by atoms with Gasteiger partial charge >= 0.3 is 0 Å². The van der Waals surface area contributed by atoms with Gasteiger partial charge in [-0.25, -0.2) is 0 Å². The number of aryl methyl sites for hydroxylation is 2. The number of amides is 2. The van der Waals surface area contributed by atoms with Crippen LogP contribution in [0.1, 0.15) is 47.6 Å². The highest BCUT2D eigenvalue weighted by Crippen LogP contribution is 2.21. The van der Waals surface area contributed by atoms with Gasteiger partial charge < -0.3 is 25.1 Å². The highest BCUT2D eigenvalue weighted by Gasteiger charge is 2.32. The summed E-state index contributed by atoms with van der Waals surface area (Å²) in [4.78, 5) is 26.9. The van der Waals surface area contributed by atoms with E-state index >= 15 is 0 Å². The summed E-state index contributed by atoms with van der Waals surface area (Å²) in [5, 5.41) is 3.02. The first kappa shape index (κ1) is 18.9. The van der Waals surface area contributed by atoms with Gasteiger partial charge in [0.2, 0.25) is 5.91 Å². The van der Waals surface area contributed by atoms with E-state index in [2.05, 4.69) is 5.32 Å². The van der Waals surface area contributed by atoms with E-state index in [1.807, 2.05) is 24.8 Å². The molecule has 7 nitrogen and oxygen atoms in total. The molecule has 0 aliphatic carbocycles. The number of hydrogen-bond acceptors (Lipinski definition) is 5. The average Bonchev–Trinajstić information content (AvgIpc) is 3.00. The molecule has 2 fully saturated rings. The largest absolute Gasteiger partial charge is 0.456 e. The van der Waals surface area contributed by atoms with Crippen molar-refractivity contribution >= 4 is 11.8 Å². The summed E-state index contributed by atoms with van der Waals surface area (Å²) in [6.07, 6.45) is 3.16. The van der Waals surface area contributed by atoms with Crippen molar-refractivity contribution in [2.24, 2.45) is 11.7 Å². The van der Waals surface area contributed by atoms with E-state index < -0.39 is 6.04 Å². The van der Waals surface area contributed by atoms with Gasteiger partial charge in [-0.2, -0.15) is 0 Å². The molecule has 1 aromatic rings. The van der Waals surface area contributed by atoms with E-state index in [-0.39, 0.29) is 23.8 Å². The molecular weight excluding hydrogens is 334 g/mol. The zero-order chi connectivity index (χ0) is 18.7. The van der Waals surface area contributed by atoms with Gasteiger partial charge in [-0.3, -0.25) is 9.59 Å². The Balaban J connectivity index is 1.48. The van der Waals surface area contributed by atoms with Crippen molar-refractivity contribution in [2.45, 2.75) is 51.6 Å². The lowest BCUT2D eigenvalue weighted by molar-refractivity contribution is -0.135. The van der Waals surface area contributed by atoms with Crippen LogP contribution in [0.5, 0.6) is 0 Å². The van der Waals surface area contributed by atoms with E-state index in [1.165, 1.54) is 0 Å². The third-order valence-electron chi connectivity index (χ3n) is 5.45. The van der Waals surface area contributed by atoms with Crippen molar-refractivity contribution in [3.05, 3.63) is 23.2 Å². The second kappa shape index (κ2) is 8.22. The van der Waals surface area contributed by atoms with Gasteiger partial charge in [0, 0.05) is 37.9 Å². The summed E-state index contributed by atoms with van der Waals surface area (Å²) in [6, 6.07) is 1.46. The minimum atomic E-state index is -0.446. The maximum Gasteiger partial charge on any atom is 0.287 e. The zero-order valence-electron chi connectivity index (χ0n) is 15.6. The van der Waals surface area contributed by atoms with Crippen molar-refractivity contribution in [1.29, 1.82) is 0 Å². The van der Waals surface area contributed by atoms with Crippen LogP contribution in [0.4, 0.5) is 0 Å². The molecule has 3 N–H and O–H groups in total. The predicted octanol–water partition coefficient (Wildman–Crippen LogP) is 1.37. The van der Waals surface area contributed by atoms with Crippen LogP contribution in [-0.2, 0) is 9.53 Å².